The number of ether oxygens (including phenoxy) is 1. The summed E-state index contributed by atoms with van der Waals surface area (Å²) in [5, 5.41) is 12.6. The summed E-state index contributed by atoms with van der Waals surface area (Å²) in [7, 11) is -3.87. The second kappa shape index (κ2) is 5.98. The van der Waals surface area contributed by atoms with E-state index in [2.05, 4.69) is 10.2 Å². The fourth-order valence-electron chi connectivity index (χ4n) is 1.80. The molecule has 7 nitrogen and oxygen atoms in total. The molecule has 1 aromatic heterocycles. The number of nitrogens with two attached hydrogens (primary N) is 1. The van der Waals surface area contributed by atoms with Crippen molar-refractivity contribution < 1.29 is 13.2 Å². The molecule has 0 saturated carbocycles. The minimum Gasteiger partial charge on any atom is -0.382 e. The van der Waals surface area contributed by atoms with E-state index in [1.165, 1.54) is 0 Å². The van der Waals surface area contributed by atoms with Gasteiger partial charge in [-0.15, -0.1) is 10.2 Å². The van der Waals surface area contributed by atoms with Gasteiger partial charge in [-0.2, -0.15) is 0 Å². The van der Waals surface area contributed by atoms with Gasteiger partial charge in [0, 0.05) is 25.2 Å². The van der Waals surface area contributed by atoms with Crippen LogP contribution in [-0.2, 0) is 26.7 Å². The van der Waals surface area contributed by atoms with Crippen LogP contribution in [0.3, 0.4) is 0 Å². The zero-order chi connectivity index (χ0) is 14.7. The lowest BCUT2D eigenvalue weighted by Crippen LogP contribution is -2.30. The lowest BCUT2D eigenvalue weighted by atomic mass is 10.1. The van der Waals surface area contributed by atoms with Gasteiger partial charge in [-0.3, -0.25) is 4.57 Å². The first-order valence-electron chi connectivity index (χ1n) is 6.23. The van der Waals surface area contributed by atoms with Gasteiger partial charge in [-0.05, 0) is 34.1 Å². The summed E-state index contributed by atoms with van der Waals surface area (Å²) >= 11 is 0. The van der Waals surface area contributed by atoms with Crippen LogP contribution >= 0.6 is 0 Å². The van der Waals surface area contributed by atoms with Crippen LogP contribution in [0.5, 0.6) is 0 Å². The van der Waals surface area contributed by atoms with E-state index in [-0.39, 0.29) is 5.16 Å². The molecule has 1 rings (SSSR count). The van der Waals surface area contributed by atoms with Gasteiger partial charge in [-0.25, -0.2) is 13.6 Å². The molecule has 0 aliphatic heterocycles. The first-order chi connectivity index (χ1) is 8.68. The first kappa shape index (κ1) is 16.1. The van der Waals surface area contributed by atoms with Crippen LogP contribution in [0.4, 0.5) is 0 Å². The molecule has 8 heteroatoms. The summed E-state index contributed by atoms with van der Waals surface area (Å²) < 4.78 is 29.9. The second-order valence-corrected chi connectivity index (χ2v) is 6.71. The summed E-state index contributed by atoms with van der Waals surface area (Å²) in [5.74, 6) is 0.608. The molecule has 0 spiro atoms. The van der Waals surface area contributed by atoms with E-state index in [1.54, 1.807) is 4.57 Å². The van der Waals surface area contributed by atoms with Gasteiger partial charge >= 0.3 is 0 Å². The highest BCUT2D eigenvalue weighted by Gasteiger charge is 2.28. The number of aromatic nitrogens is 3. The fourth-order valence-corrected chi connectivity index (χ4v) is 2.59. The van der Waals surface area contributed by atoms with Crippen LogP contribution in [-0.4, -0.2) is 36.4 Å². The molecule has 0 aliphatic rings. The van der Waals surface area contributed by atoms with Crippen LogP contribution in [0.1, 0.15) is 39.9 Å². The zero-order valence-electron chi connectivity index (χ0n) is 11.9. The monoisotopic (exact) mass is 290 g/mol. The van der Waals surface area contributed by atoms with Crippen molar-refractivity contribution in [3.63, 3.8) is 0 Å². The molecule has 0 aliphatic carbocycles. The van der Waals surface area contributed by atoms with Gasteiger partial charge in [0.15, 0.2) is 0 Å². The van der Waals surface area contributed by atoms with Crippen molar-refractivity contribution in [3.05, 3.63) is 5.82 Å². The second-order valence-electron chi connectivity index (χ2n) is 5.25. The molecule has 110 valence electrons. The highest BCUT2D eigenvalue weighted by molar-refractivity contribution is 7.89. The predicted octanol–water partition coefficient (Wildman–Crippen LogP) is 0.650. The van der Waals surface area contributed by atoms with Crippen LogP contribution in [0.25, 0.3) is 0 Å². The topological polar surface area (TPSA) is 100 Å². The highest BCUT2D eigenvalue weighted by Crippen LogP contribution is 2.21. The normalized spacial score (nSPS) is 12.9. The van der Waals surface area contributed by atoms with E-state index in [0.717, 1.165) is 6.42 Å². The Kier molecular flexibility index (Phi) is 5.05. The molecule has 0 fully saturated rings. The van der Waals surface area contributed by atoms with Gasteiger partial charge in [0.05, 0.1) is 0 Å². The zero-order valence-corrected chi connectivity index (χ0v) is 12.7. The van der Waals surface area contributed by atoms with Gasteiger partial charge < -0.3 is 4.74 Å². The smallest absolute Gasteiger partial charge is 0.273 e. The molecule has 19 heavy (non-hydrogen) atoms. The molecule has 1 heterocycles. The Balaban J connectivity index is 3.03. The van der Waals surface area contributed by atoms with E-state index in [9.17, 15) is 8.42 Å². The fraction of sp³-hybridized carbons (Fsp3) is 0.818. The van der Waals surface area contributed by atoms with E-state index in [0.29, 0.717) is 25.5 Å². The van der Waals surface area contributed by atoms with Crippen molar-refractivity contribution in [1.29, 1.82) is 0 Å². The van der Waals surface area contributed by atoms with Crippen molar-refractivity contribution >= 4 is 10.0 Å². The van der Waals surface area contributed by atoms with Crippen LogP contribution in [0.15, 0.2) is 5.16 Å². The minimum absolute atomic E-state index is 0.189. The van der Waals surface area contributed by atoms with Crippen molar-refractivity contribution in [2.45, 2.75) is 51.2 Å². The lowest BCUT2D eigenvalue weighted by molar-refractivity contribution is 0.144. The Morgan fingerprint density at radius 3 is 2.42 bits per heavy atom. The van der Waals surface area contributed by atoms with E-state index in [4.69, 9.17) is 9.88 Å². The number of hydrogen-bond acceptors (Lipinski definition) is 5. The molecule has 0 atom stereocenters. The molecule has 1 aromatic rings. The maximum absolute atomic E-state index is 11.5. The maximum Gasteiger partial charge on any atom is 0.273 e. The van der Waals surface area contributed by atoms with E-state index >= 15 is 0 Å². The van der Waals surface area contributed by atoms with Gasteiger partial charge in [0.25, 0.3) is 15.2 Å². The molecule has 0 amide bonds. The molecule has 0 saturated heterocycles. The summed E-state index contributed by atoms with van der Waals surface area (Å²) in [6.07, 6.45) is 1.35. The Morgan fingerprint density at radius 2 is 1.95 bits per heavy atom. The van der Waals surface area contributed by atoms with E-state index < -0.39 is 15.6 Å². The van der Waals surface area contributed by atoms with Crippen molar-refractivity contribution in [3.8, 4) is 0 Å². The Bertz CT molecular complexity index is 517. The third-order valence-corrected chi connectivity index (χ3v) is 3.29. The molecular weight excluding hydrogens is 268 g/mol. The Labute approximate surface area is 114 Å². The highest BCUT2D eigenvalue weighted by atomic mass is 32.2. The van der Waals surface area contributed by atoms with Crippen molar-refractivity contribution in [1.82, 2.24) is 14.8 Å². The molecular formula is C11H22N4O3S. The molecule has 0 aromatic carbocycles. The number of hydrogen-bond donors (Lipinski definition) is 1. The van der Waals surface area contributed by atoms with Gasteiger partial charge in [0.1, 0.15) is 5.82 Å². The summed E-state index contributed by atoms with van der Waals surface area (Å²) in [6, 6.07) is 0. The number of sulfonamides is 1. The van der Waals surface area contributed by atoms with Gasteiger partial charge in [-0.1, -0.05) is 0 Å². The maximum atomic E-state index is 11.5. The van der Waals surface area contributed by atoms with E-state index in [1.807, 2.05) is 27.7 Å². The quantitative estimate of drug-likeness (QED) is 0.775. The molecule has 0 radical (unpaired) electrons. The average molecular weight is 290 g/mol. The van der Waals surface area contributed by atoms with Crippen LogP contribution in [0, 0.1) is 0 Å². The summed E-state index contributed by atoms with van der Waals surface area (Å²) in [4.78, 5) is 0. The third-order valence-electron chi connectivity index (χ3n) is 2.52. The summed E-state index contributed by atoms with van der Waals surface area (Å²) in [5.41, 5.74) is -0.452. The number of rotatable bonds is 6. The van der Waals surface area contributed by atoms with Gasteiger partial charge in [0.2, 0.25) is 0 Å². The summed E-state index contributed by atoms with van der Waals surface area (Å²) in [6.45, 7) is 8.86. The first-order valence-corrected chi connectivity index (χ1v) is 7.78. The molecule has 0 unspecified atom stereocenters. The number of aryl methyl sites for hydroxylation is 1. The Hall–Kier alpha value is -0.990. The van der Waals surface area contributed by atoms with Crippen molar-refractivity contribution in [2.24, 2.45) is 5.14 Å². The number of nitrogens with zero attached hydrogens (tertiary/aromatic N) is 3. The molecule has 2 N–H and O–H groups in total. The standard InChI is InChI=1S/C11H22N4O3S/c1-5-18-8-6-7-9-13-14-10(19(12,16)17)15(9)11(2,3)4/h5-8H2,1-4H3,(H2,12,16,17). The lowest BCUT2D eigenvalue weighted by Gasteiger charge is -2.24. The minimum atomic E-state index is -3.87. The molecule has 0 bridgehead atoms. The Morgan fingerprint density at radius 1 is 1.32 bits per heavy atom. The van der Waals surface area contributed by atoms with Crippen molar-refractivity contribution in [2.75, 3.05) is 13.2 Å². The predicted molar refractivity (Wildman–Crippen MR) is 71.2 cm³/mol. The average Bonchev–Trinajstić information content (AvgIpc) is 2.67. The van der Waals surface area contributed by atoms with Crippen LogP contribution < -0.4 is 5.14 Å². The SMILES string of the molecule is CCOCCCc1nnc(S(N)(=O)=O)n1C(C)(C)C. The third kappa shape index (κ3) is 4.26. The largest absolute Gasteiger partial charge is 0.382 e. The van der Waals surface area contributed by atoms with Crippen LogP contribution in [0.2, 0.25) is 0 Å². The number of primary sulfonamides is 1.